The lowest BCUT2D eigenvalue weighted by molar-refractivity contribution is 0.566. The summed E-state index contributed by atoms with van der Waals surface area (Å²) in [4.78, 5) is 29.4. The maximum atomic E-state index is 16.1. The number of aromatic nitrogens is 7. The van der Waals surface area contributed by atoms with Crippen molar-refractivity contribution in [3.63, 3.8) is 0 Å². The number of hydrogen-bond acceptors (Lipinski definition) is 6. The molecule has 5 aromatic rings. The van der Waals surface area contributed by atoms with E-state index in [9.17, 15) is 9.18 Å². The second-order valence-electron chi connectivity index (χ2n) is 9.73. The van der Waals surface area contributed by atoms with E-state index in [2.05, 4.69) is 25.0 Å². The Balaban J connectivity index is 1.44. The monoisotopic (exact) mass is 547 g/mol. The molecule has 202 valence electrons. The Hall–Kier alpha value is -4.74. The van der Waals surface area contributed by atoms with E-state index in [-0.39, 0.29) is 57.0 Å². The van der Waals surface area contributed by atoms with E-state index in [0.29, 0.717) is 12.2 Å². The van der Waals surface area contributed by atoms with Crippen molar-refractivity contribution >= 4 is 0 Å². The molecule has 6 rings (SSSR count). The van der Waals surface area contributed by atoms with Crippen LogP contribution in [0.3, 0.4) is 0 Å². The molecule has 1 saturated carbocycles. The Kier molecular flexibility index (Phi) is 6.05. The molecule has 1 aromatic carbocycles. The summed E-state index contributed by atoms with van der Waals surface area (Å²) in [7, 11) is 1.60. The van der Waals surface area contributed by atoms with Gasteiger partial charge < -0.3 is 0 Å². The van der Waals surface area contributed by atoms with Crippen LogP contribution in [0.2, 0.25) is 0 Å². The summed E-state index contributed by atoms with van der Waals surface area (Å²) in [6.07, 6.45) is 5.14. The molecule has 4 aromatic heterocycles. The molecule has 1 unspecified atom stereocenters. The van der Waals surface area contributed by atoms with Crippen molar-refractivity contribution in [1.29, 1.82) is 0 Å². The standard InChI is InChI=1S/C28H21F4N7O/c1-13-9-33-24(16-5-4-6-17(21(16)30)27-36-12-37-38(27)3)23(32)25(13)39-14(2)7-19(22(31)28(39)40)18-8-20(18)26-34-10-15(29)11-35-26/h4-7,9-12,18,20H,8H2,1-3H3/t18-,20?/m0/s1. The predicted octanol–water partition coefficient (Wildman–Crippen LogP) is 4.93. The third-order valence-electron chi connectivity index (χ3n) is 7.13. The molecule has 0 amide bonds. The average molecular weight is 548 g/mol. The van der Waals surface area contributed by atoms with Gasteiger partial charge in [-0.2, -0.15) is 5.10 Å². The number of aryl methyl sites for hydroxylation is 3. The first-order valence-electron chi connectivity index (χ1n) is 12.4. The summed E-state index contributed by atoms with van der Waals surface area (Å²) >= 11 is 0. The molecule has 0 aliphatic heterocycles. The fourth-order valence-electron chi connectivity index (χ4n) is 5.07. The van der Waals surface area contributed by atoms with E-state index in [4.69, 9.17) is 0 Å². The second-order valence-corrected chi connectivity index (χ2v) is 9.73. The fraction of sp³-hybridized carbons (Fsp3) is 0.214. The van der Waals surface area contributed by atoms with E-state index in [1.54, 1.807) is 14.0 Å². The lowest BCUT2D eigenvalue weighted by Crippen LogP contribution is -2.27. The molecule has 8 nitrogen and oxygen atoms in total. The molecule has 1 fully saturated rings. The first-order chi connectivity index (χ1) is 19.2. The Morgan fingerprint density at radius 3 is 2.30 bits per heavy atom. The highest BCUT2D eigenvalue weighted by Gasteiger charge is 2.44. The third-order valence-corrected chi connectivity index (χ3v) is 7.13. The van der Waals surface area contributed by atoms with Crippen LogP contribution in [0.4, 0.5) is 17.6 Å². The van der Waals surface area contributed by atoms with Gasteiger partial charge in [0.05, 0.1) is 23.6 Å². The van der Waals surface area contributed by atoms with Crippen LogP contribution in [0.5, 0.6) is 0 Å². The van der Waals surface area contributed by atoms with E-state index in [0.717, 1.165) is 17.0 Å². The zero-order valence-corrected chi connectivity index (χ0v) is 21.5. The molecule has 0 spiro atoms. The number of halogens is 4. The maximum Gasteiger partial charge on any atom is 0.291 e. The van der Waals surface area contributed by atoms with Crippen LogP contribution in [0.15, 0.2) is 54.0 Å². The number of benzene rings is 1. The minimum absolute atomic E-state index is 0.0914. The Morgan fingerprint density at radius 1 is 0.875 bits per heavy atom. The Bertz CT molecular complexity index is 1850. The van der Waals surface area contributed by atoms with Crippen molar-refractivity contribution in [3.8, 4) is 28.3 Å². The second kappa shape index (κ2) is 9.47. The molecular formula is C28H21F4N7O. The molecule has 0 saturated heterocycles. The normalized spacial score (nSPS) is 16.4. The summed E-state index contributed by atoms with van der Waals surface area (Å²) in [5.74, 6) is -3.40. The predicted molar refractivity (Wildman–Crippen MR) is 137 cm³/mol. The first-order valence-corrected chi connectivity index (χ1v) is 12.4. The van der Waals surface area contributed by atoms with Crippen LogP contribution in [0, 0.1) is 37.1 Å². The lowest BCUT2D eigenvalue weighted by atomic mass is 10.0. The Labute approximate surface area is 225 Å². The molecule has 1 aliphatic rings. The zero-order valence-electron chi connectivity index (χ0n) is 21.5. The van der Waals surface area contributed by atoms with Gasteiger partial charge in [0.25, 0.3) is 5.56 Å². The molecule has 0 N–H and O–H groups in total. The van der Waals surface area contributed by atoms with Crippen molar-refractivity contribution in [1.82, 2.24) is 34.3 Å². The third kappa shape index (κ3) is 4.07. The smallest absolute Gasteiger partial charge is 0.276 e. The number of rotatable bonds is 5. The lowest BCUT2D eigenvalue weighted by Gasteiger charge is -2.17. The molecule has 40 heavy (non-hydrogen) atoms. The van der Waals surface area contributed by atoms with E-state index in [1.807, 2.05) is 0 Å². The van der Waals surface area contributed by atoms with Gasteiger partial charge in [0, 0.05) is 30.4 Å². The maximum absolute atomic E-state index is 16.1. The van der Waals surface area contributed by atoms with Gasteiger partial charge in [0.1, 0.15) is 23.7 Å². The van der Waals surface area contributed by atoms with Gasteiger partial charge in [-0.25, -0.2) is 37.2 Å². The minimum Gasteiger partial charge on any atom is -0.276 e. The molecule has 2 atom stereocenters. The van der Waals surface area contributed by atoms with Crippen molar-refractivity contribution in [2.24, 2.45) is 7.05 Å². The topological polar surface area (TPSA) is 91.4 Å². The highest BCUT2D eigenvalue weighted by molar-refractivity contribution is 5.71. The van der Waals surface area contributed by atoms with Gasteiger partial charge in [0.2, 0.25) is 0 Å². The highest BCUT2D eigenvalue weighted by atomic mass is 19.1. The SMILES string of the molecule is Cc1cnc(-c2cccc(-c3ncnn3C)c2F)c(F)c1-n1c(C)cc([C@@H]2CC2c2ncc(F)cn2)c(F)c1=O. The fourth-order valence-corrected chi connectivity index (χ4v) is 5.07. The zero-order chi connectivity index (χ0) is 28.3. The number of pyridine rings is 2. The van der Waals surface area contributed by atoms with Crippen molar-refractivity contribution in [2.75, 3.05) is 0 Å². The van der Waals surface area contributed by atoms with Crippen LogP contribution in [0.25, 0.3) is 28.3 Å². The summed E-state index contributed by atoms with van der Waals surface area (Å²) in [5, 5.41) is 3.95. The van der Waals surface area contributed by atoms with Crippen LogP contribution < -0.4 is 5.56 Å². The van der Waals surface area contributed by atoms with Gasteiger partial charge in [-0.3, -0.25) is 14.3 Å². The molecule has 1 aliphatic carbocycles. The van der Waals surface area contributed by atoms with E-state index < -0.39 is 28.8 Å². The Morgan fingerprint density at radius 2 is 1.60 bits per heavy atom. The molecule has 0 radical (unpaired) electrons. The molecule has 4 heterocycles. The van der Waals surface area contributed by atoms with Crippen LogP contribution >= 0.6 is 0 Å². The van der Waals surface area contributed by atoms with Gasteiger partial charge >= 0.3 is 0 Å². The van der Waals surface area contributed by atoms with Crippen molar-refractivity contribution in [2.45, 2.75) is 32.1 Å². The highest BCUT2D eigenvalue weighted by Crippen LogP contribution is 2.54. The largest absolute Gasteiger partial charge is 0.291 e. The molecule has 0 bridgehead atoms. The van der Waals surface area contributed by atoms with Crippen molar-refractivity contribution < 1.29 is 17.6 Å². The van der Waals surface area contributed by atoms with Gasteiger partial charge in [-0.1, -0.05) is 6.07 Å². The molecular weight excluding hydrogens is 526 g/mol. The van der Waals surface area contributed by atoms with Gasteiger partial charge in [-0.05, 0) is 55.5 Å². The van der Waals surface area contributed by atoms with E-state index in [1.165, 1.54) is 48.4 Å². The van der Waals surface area contributed by atoms with E-state index >= 15 is 13.2 Å². The summed E-state index contributed by atoms with van der Waals surface area (Å²) < 4.78 is 62.8. The molecule has 12 heteroatoms. The first kappa shape index (κ1) is 25.5. The van der Waals surface area contributed by atoms with Gasteiger partial charge in [0.15, 0.2) is 23.3 Å². The van der Waals surface area contributed by atoms with Gasteiger partial charge in [-0.15, -0.1) is 0 Å². The number of nitrogens with zero attached hydrogens (tertiary/aromatic N) is 7. The summed E-state index contributed by atoms with van der Waals surface area (Å²) in [6.45, 7) is 3.09. The number of hydrogen-bond donors (Lipinski definition) is 0. The summed E-state index contributed by atoms with van der Waals surface area (Å²) in [6, 6.07) is 5.87. The summed E-state index contributed by atoms with van der Waals surface area (Å²) in [5.41, 5.74) is -0.980. The minimum atomic E-state index is -1.05. The average Bonchev–Trinajstić information content (AvgIpc) is 3.61. The quantitative estimate of drug-likeness (QED) is 0.290. The van der Waals surface area contributed by atoms with Crippen LogP contribution in [-0.2, 0) is 7.05 Å². The van der Waals surface area contributed by atoms with Crippen LogP contribution in [0.1, 0.15) is 40.9 Å². The van der Waals surface area contributed by atoms with Crippen molar-refractivity contribution in [3.05, 3.63) is 105 Å². The van der Waals surface area contributed by atoms with Crippen LogP contribution in [-0.4, -0.2) is 34.3 Å².